The number of carbonyl (C=O) groups is 1. The fraction of sp³-hybridized carbons (Fsp3) is 0.227. The molecule has 0 atom stereocenters. The maximum Gasteiger partial charge on any atom is 0.234 e. The Morgan fingerprint density at radius 1 is 1.07 bits per heavy atom. The lowest BCUT2D eigenvalue weighted by Gasteiger charge is -2.11. The lowest BCUT2D eigenvalue weighted by Crippen LogP contribution is -2.15. The molecule has 0 unspecified atom stereocenters. The molecule has 2 aromatic carbocycles. The van der Waals surface area contributed by atoms with Crippen LogP contribution in [0.1, 0.15) is 11.1 Å². The van der Waals surface area contributed by atoms with E-state index in [1.807, 2.05) is 11.3 Å². The Labute approximate surface area is 178 Å². The van der Waals surface area contributed by atoms with E-state index >= 15 is 0 Å². The molecule has 0 radical (unpaired) electrons. The van der Waals surface area contributed by atoms with Crippen LogP contribution in [0.25, 0.3) is 16.6 Å². The number of hydrogen-bond acceptors (Lipinski definition) is 6. The van der Waals surface area contributed by atoms with E-state index in [1.165, 1.54) is 11.8 Å². The summed E-state index contributed by atoms with van der Waals surface area (Å²) in [7, 11) is 3.14. The molecule has 0 spiro atoms. The predicted octanol–water partition coefficient (Wildman–Crippen LogP) is 4.25. The van der Waals surface area contributed by atoms with Crippen LogP contribution in [0.5, 0.6) is 11.5 Å². The summed E-state index contributed by atoms with van der Waals surface area (Å²) in [6.07, 6.45) is 0. The highest BCUT2D eigenvalue weighted by Gasteiger charge is 2.15. The maximum atomic E-state index is 12.6. The molecule has 4 aromatic rings. The van der Waals surface area contributed by atoms with Crippen molar-refractivity contribution in [2.45, 2.75) is 19.0 Å². The van der Waals surface area contributed by atoms with E-state index in [1.54, 1.807) is 32.4 Å². The van der Waals surface area contributed by atoms with Crippen molar-refractivity contribution in [3.63, 3.8) is 0 Å². The lowest BCUT2D eigenvalue weighted by molar-refractivity contribution is -0.113. The van der Waals surface area contributed by atoms with Gasteiger partial charge in [-0.3, -0.25) is 9.20 Å². The maximum absolute atomic E-state index is 12.6. The van der Waals surface area contributed by atoms with Gasteiger partial charge in [-0.1, -0.05) is 23.9 Å². The van der Waals surface area contributed by atoms with Crippen molar-refractivity contribution in [2.75, 3.05) is 25.3 Å². The molecular formula is C22H22N4O3S. The van der Waals surface area contributed by atoms with E-state index in [4.69, 9.17) is 9.47 Å². The molecule has 0 bridgehead atoms. The SMILES string of the molecule is COc1ccc(NC(=O)CSc2nnc3c(C)cc4ccc(C)cc4n23)c(OC)c1. The molecule has 0 fully saturated rings. The van der Waals surface area contributed by atoms with Crippen LogP contribution in [0, 0.1) is 13.8 Å². The van der Waals surface area contributed by atoms with Gasteiger partial charge in [-0.2, -0.15) is 0 Å². The Balaban J connectivity index is 1.58. The summed E-state index contributed by atoms with van der Waals surface area (Å²) >= 11 is 1.35. The van der Waals surface area contributed by atoms with E-state index < -0.39 is 0 Å². The van der Waals surface area contributed by atoms with Crippen LogP contribution in [0.3, 0.4) is 0 Å². The molecule has 0 aliphatic heterocycles. The molecule has 1 N–H and O–H groups in total. The van der Waals surface area contributed by atoms with Crippen molar-refractivity contribution in [3.8, 4) is 11.5 Å². The third kappa shape index (κ3) is 3.78. The molecule has 1 amide bonds. The van der Waals surface area contributed by atoms with E-state index in [9.17, 15) is 4.79 Å². The van der Waals surface area contributed by atoms with Gasteiger partial charge in [0.1, 0.15) is 11.5 Å². The Bertz CT molecular complexity index is 1250. The van der Waals surface area contributed by atoms with Crippen LogP contribution in [-0.2, 0) is 4.79 Å². The minimum Gasteiger partial charge on any atom is -0.497 e. The summed E-state index contributed by atoms with van der Waals surface area (Å²) in [5.41, 5.74) is 4.61. The van der Waals surface area contributed by atoms with Gasteiger partial charge in [0, 0.05) is 6.07 Å². The monoisotopic (exact) mass is 422 g/mol. The Hall–Kier alpha value is -3.26. The van der Waals surface area contributed by atoms with Gasteiger partial charge in [0.05, 0.1) is 31.2 Å². The van der Waals surface area contributed by atoms with Crippen LogP contribution in [0.4, 0.5) is 5.69 Å². The summed E-state index contributed by atoms with van der Waals surface area (Å²) in [4.78, 5) is 12.6. The third-order valence-electron chi connectivity index (χ3n) is 4.80. The second-order valence-corrected chi connectivity index (χ2v) is 7.88. The summed E-state index contributed by atoms with van der Waals surface area (Å²) in [6, 6.07) is 13.6. The van der Waals surface area contributed by atoms with Crippen molar-refractivity contribution in [1.29, 1.82) is 0 Å². The largest absolute Gasteiger partial charge is 0.497 e. The number of hydrogen-bond donors (Lipinski definition) is 1. The van der Waals surface area contributed by atoms with Crippen molar-refractivity contribution >= 4 is 39.9 Å². The van der Waals surface area contributed by atoms with Crippen LogP contribution in [0.15, 0.2) is 47.6 Å². The molecule has 0 aliphatic rings. The lowest BCUT2D eigenvalue weighted by atomic mass is 10.1. The minimum absolute atomic E-state index is 0.159. The van der Waals surface area contributed by atoms with Crippen molar-refractivity contribution in [2.24, 2.45) is 0 Å². The third-order valence-corrected chi connectivity index (χ3v) is 5.73. The van der Waals surface area contributed by atoms with Crippen molar-refractivity contribution in [3.05, 3.63) is 53.6 Å². The number of pyridine rings is 1. The average Bonchev–Trinajstić information content (AvgIpc) is 3.18. The van der Waals surface area contributed by atoms with Gasteiger partial charge < -0.3 is 14.8 Å². The first-order chi connectivity index (χ1) is 14.5. The summed E-state index contributed by atoms with van der Waals surface area (Å²) in [6.45, 7) is 4.07. The first kappa shape index (κ1) is 20.0. The number of nitrogens with one attached hydrogen (secondary N) is 1. The number of fused-ring (bicyclic) bond motifs is 3. The number of carbonyl (C=O) groups excluding carboxylic acids is 1. The quantitative estimate of drug-likeness (QED) is 0.468. The van der Waals surface area contributed by atoms with Gasteiger partial charge in [0.15, 0.2) is 10.8 Å². The van der Waals surface area contributed by atoms with E-state index in [2.05, 4.69) is 46.7 Å². The van der Waals surface area contributed by atoms with E-state index in [-0.39, 0.29) is 11.7 Å². The normalized spacial score (nSPS) is 11.1. The number of ether oxygens (including phenoxy) is 2. The van der Waals surface area contributed by atoms with Crippen LogP contribution in [-0.4, -0.2) is 40.5 Å². The highest BCUT2D eigenvalue weighted by Crippen LogP contribution is 2.30. The number of anilines is 1. The number of aryl methyl sites for hydroxylation is 2. The Morgan fingerprint density at radius 3 is 2.67 bits per heavy atom. The van der Waals surface area contributed by atoms with Crippen LogP contribution >= 0.6 is 11.8 Å². The Morgan fingerprint density at radius 2 is 1.90 bits per heavy atom. The first-order valence-corrected chi connectivity index (χ1v) is 10.4. The number of thioether (sulfide) groups is 1. The van der Waals surface area contributed by atoms with Crippen molar-refractivity contribution < 1.29 is 14.3 Å². The smallest absolute Gasteiger partial charge is 0.234 e. The predicted molar refractivity (Wildman–Crippen MR) is 119 cm³/mol. The molecule has 4 rings (SSSR count). The van der Waals surface area contributed by atoms with Crippen LogP contribution in [0.2, 0.25) is 0 Å². The molecule has 7 nitrogen and oxygen atoms in total. The summed E-state index contributed by atoms with van der Waals surface area (Å²) < 4.78 is 12.6. The number of aromatic nitrogens is 3. The first-order valence-electron chi connectivity index (χ1n) is 9.40. The summed E-state index contributed by atoms with van der Waals surface area (Å²) in [5.74, 6) is 1.23. The van der Waals surface area contributed by atoms with Gasteiger partial charge in [-0.25, -0.2) is 0 Å². The number of methoxy groups -OCH3 is 2. The molecule has 30 heavy (non-hydrogen) atoms. The van der Waals surface area contributed by atoms with Crippen LogP contribution < -0.4 is 14.8 Å². The van der Waals surface area contributed by atoms with Gasteiger partial charge in [-0.15, -0.1) is 10.2 Å². The van der Waals surface area contributed by atoms with E-state index in [0.29, 0.717) is 22.3 Å². The average molecular weight is 423 g/mol. The number of nitrogens with zero attached hydrogens (tertiary/aromatic N) is 3. The molecule has 2 aromatic heterocycles. The zero-order chi connectivity index (χ0) is 21.3. The molecule has 8 heteroatoms. The fourth-order valence-corrected chi connectivity index (χ4v) is 4.07. The molecule has 0 saturated carbocycles. The second kappa shape index (κ2) is 8.23. The van der Waals surface area contributed by atoms with Gasteiger partial charge >= 0.3 is 0 Å². The highest BCUT2D eigenvalue weighted by molar-refractivity contribution is 7.99. The summed E-state index contributed by atoms with van der Waals surface area (Å²) in [5, 5.41) is 13.3. The second-order valence-electron chi connectivity index (χ2n) is 6.93. The van der Waals surface area contributed by atoms with Gasteiger partial charge in [0.25, 0.3) is 0 Å². The topological polar surface area (TPSA) is 77.8 Å². The minimum atomic E-state index is -0.159. The van der Waals surface area contributed by atoms with Gasteiger partial charge in [0.2, 0.25) is 5.91 Å². The van der Waals surface area contributed by atoms with E-state index in [0.717, 1.165) is 27.7 Å². The van der Waals surface area contributed by atoms with Gasteiger partial charge in [-0.05, 0) is 54.6 Å². The fourth-order valence-electron chi connectivity index (χ4n) is 3.32. The number of rotatable bonds is 6. The zero-order valence-corrected chi connectivity index (χ0v) is 18.0. The highest BCUT2D eigenvalue weighted by atomic mass is 32.2. The molecule has 0 saturated heterocycles. The molecular weight excluding hydrogens is 400 g/mol. The number of amides is 1. The standard InChI is InChI=1S/C22H22N4O3S/c1-13-5-6-15-10-14(2)21-24-25-22(26(21)18(15)9-13)30-12-20(27)23-17-8-7-16(28-3)11-19(17)29-4/h5-11H,12H2,1-4H3,(H,23,27). The molecule has 0 aliphatic carbocycles. The number of benzene rings is 2. The van der Waals surface area contributed by atoms with Crippen molar-refractivity contribution in [1.82, 2.24) is 14.6 Å². The molecule has 2 heterocycles. The Kier molecular flexibility index (Phi) is 5.50. The zero-order valence-electron chi connectivity index (χ0n) is 17.2. The molecule has 154 valence electrons.